The number of nitrogens with two attached hydrogens (primary N) is 2. The van der Waals surface area contributed by atoms with E-state index < -0.39 is 0 Å². The summed E-state index contributed by atoms with van der Waals surface area (Å²) in [6, 6.07) is 0. The molecule has 0 fully saturated rings. The van der Waals surface area contributed by atoms with Crippen molar-refractivity contribution in [1.82, 2.24) is 0 Å². The van der Waals surface area contributed by atoms with E-state index in [1.54, 1.807) is 0 Å². The first kappa shape index (κ1) is 4.98. The van der Waals surface area contributed by atoms with Crippen LogP contribution >= 0.6 is 0 Å². The zero-order chi connectivity index (χ0) is 4.28. The van der Waals surface area contributed by atoms with E-state index in [2.05, 4.69) is 0 Å². The molecule has 0 aromatic carbocycles. The summed E-state index contributed by atoms with van der Waals surface area (Å²) >= 11 is 0. The minimum atomic E-state index is -0.116. The van der Waals surface area contributed by atoms with Gasteiger partial charge in [0.1, 0.15) is 0 Å². The van der Waals surface area contributed by atoms with E-state index in [1.807, 2.05) is 6.92 Å². The van der Waals surface area contributed by atoms with Gasteiger partial charge in [-0.25, -0.2) is 0 Å². The van der Waals surface area contributed by atoms with E-state index in [9.17, 15) is 0 Å². The highest BCUT2D eigenvalue weighted by Crippen LogP contribution is 1.66. The fourth-order valence-electron chi connectivity index (χ4n) is 0. The van der Waals surface area contributed by atoms with Crippen LogP contribution < -0.4 is 11.3 Å². The van der Waals surface area contributed by atoms with Crippen molar-refractivity contribution in [3.63, 3.8) is 0 Å². The van der Waals surface area contributed by atoms with Gasteiger partial charge in [-0.3, -0.25) is 0 Å². The molecule has 0 aromatic heterocycles. The molecule has 0 aliphatic carbocycles. The molecule has 0 bridgehead atoms. The van der Waals surface area contributed by atoms with Crippen molar-refractivity contribution in [2.45, 2.75) is 13.2 Å². The molecule has 0 saturated carbocycles. The van der Waals surface area contributed by atoms with Crippen LogP contribution in [-0.4, -0.2) is 6.98 Å². The molecule has 0 saturated heterocycles. The van der Waals surface area contributed by atoms with Gasteiger partial charge in [0.25, 0.3) is 6.98 Å². The summed E-state index contributed by atoms with van der Waals surface area (Å²) in [7, 11) is 0. The van der Waals surface area contributed by atoms with Crippen LogP contribution in [0.15, 0.2) is 0 Å². The molecule has 0 aliphatic rings. The van der Waals surface area contributed by atoms with Gasteiger partial charge in [-0.05, 0) is 6.32 Å². The highest BCUT2D eigenvalue weighted by molar-refractivity contribution is 6.51. The Morgan fingerprint density at radius 3 is 1.80 bits per heavy atom. The Labute approximate surface area is 32.7 Å². The zero-order valence-electron chi connectivity index (χ0n) is 3.44. The van der Waals surface area contributed by atoms with Gasteiger partial charge in [0.15, 0.2) is 0 Å². The van der Waals surface area contributed by atoms with Crippen LogP contribution in [0.4, 0.5) is 0 Å². The van der Waals surface area contributed by atoms with Crippen molar-refractivity contribution in [3.05, 3.63) is 0 Å². The van der Waals surface area contributed by atoms with Crippen LogP contribution in [0.1, 0.15) is 6.92 Å². The van der Waals surface area contributed by atoms with Gasteiger partial charge in [0.05, 0.1) is 0 Å². The van der Waals surface area contributed by atoms with Crippen molar-refractivity contribution in [2.75, 3.05) is 0 Å². The molecule has 0 heterocycles. The van der Waals surface area contributed by atoms with E-state index in [0.29, 0.717) is 0 Å². The summed E-state index contributed by atoms with van der Waals surface area (Å²) < 4.78 is 0. The van der Waals surface area contributed by atoms with Crippen LogP contribution in [-0.2, 0) is 0 Å². The van der Waals surface area contributed by atoms with Crippen molar-refractivity contribution in [1.29, 1.82) is 0 Å². The molecule has 0 radical (unpaired) electrons. The minimum Gasteiger partial charge on any atom is -0.356 e. The third-order valence-corrected chi connectivity index (χ3v) is 0.471. The fraction of sp³-hybridized carbons (Fsp3) is 1.00. The van der Waals surface area contributed by atoms with Crippen LogP contribution in [0, 0.1) is 0 Å². The van der Waals surface area contributed by atoms with E-state index in [0.717, 1.165) is 6.32 Å². The lowest BCUT2D eigenvalue weighted by Gasteiger charge is -1.85. The van der Waals surface area contributed by atoms with Crippen LogP contribution in [0.5, 0.6) is 0 Å². The van der Waals surface area contributed by atoms with Gasteiger partial charge in [0, 0.05) is 0 Å². The molecule has 3 heteroatoms. The van der Waals surface area contributed by atoms with E-state index in [1.165, 1.54) is 0 Å². The average Bonchev–Trinajstić information content (AvgIpc) is 1.38. The molecule has 0 spiro atoms. The summed E-state index contributed by atoms with van der Waals surface area (Å²) in [4.78, 5) is 0. The highest BCUT2D eigenvalue weighted by Gasteiger charge is 1.89. The first-order valence-electron chi connectivity index (χ1n) is 1.78. The lowest BCUT2D eigenvalue weighted by Crippen LogP contribution is -2.35. The summed E-state index contributed by atoms with van der Waals surface area (Å²) in [6.45, 7) is 1.83. The minimum absolute atomic E-state index is 0.116. The maximum Gasteiger partial charge on any atom is 0.299 e. The lowest BCUT2D eigenvalue weighted by molar-refractivity contribution is 1.36. The molecule has 0 unspecified atom stereocenters. The first-order chi connectivity index (χ1) is 2.27. The zero-order valence-corrected chi connectivity index (χ0v) is 3.44. The second-order valence-corrected chi connectivity index (χ2v) is 1.07. The van der Waals surface area contributed by atoms with Crippen molar-refractivity contribution < 1.29 is 0 Å². The Morgan fingerprint density at radius 2 is 1.80 bits per heavy atom. The van der Waals surface area contributed by atoms with E-state index >= 15 is 0 Å². The molecular formula is C2H9BN2. The predicted molar refractivity (Wildman–Crippen MR) is 24.6 cm³/mol. The summed E-state index contributed by atoms with van der Waals surface area (Å²) in [5.74, 6) is 0. The molecule has 0 rings (SSSR count). The third kappa shape index (κ3) is 3.98. The Balaban J connectivity index is 2.54. The molecule has 5 heavy (non-hydrogen) atoms. The van der Waals surface area contributed by atoms with E-state index in [4.69, 9.17) is 11.3 Å². The molecular weight excluding hydrogens is 62.8 g/mol. The monoisotopic (exact) mass is 72.1 g/mol. The Bertz CT molecular complexity index is 21.6. The molecule has 0 aromatic rings. The van der Waals surface area contributed by atoms with Crippen LogP contribution in [0.25, 0.3) is 0 Å². The second kappa shape index (κ2) is 2.24. The van der Waals surface area contributed by atoms with Gasteiger partial charge >= 0.3 is 0 Å². The van der Waals surface area contributed by atoms with Crippen molar-refractivity contribution >= 4 is 6.98 Å². The SMILES string of the molecule is CCB(N)N. The quantitative estimate of drug-likeness (QED) is 0.407. The maximum atomic E-state index is 5.07. The summed E-state index contributed by atoms with van der Waals surface area (Å²) in [6.07, 6.45) is 0.861. The molecule has 0 aliphatic heterocycles. The topological polar surface area (TPSA) is 52.0 Å². The van der Waals surface area contributed by atoms with Gasteiger partial charge in [0.2, 0.25) is 0 Å². The average molecular weight is 71.9 g/mol. The Kier molecular flexibility index (Phi) is 2.23. The van der Waals surface area contributed by atoms with Crippen molar-refractivity contribution in [2.24, 2.45) is 11.3 Å². The van der Waals surface area contributed by atoms with Gasteiger partial charge in [-0.15, -0.1) is 0 Å². The van der Waals surface area contributed by atoms with Crippen molar-refractivity contribution in [3.8, 4) is 0 Å². The van der Waals surface area contributed by atoms with Gasteiger partial charge in [-0.2, -0.15) is 0 Å². The number of hydrogen-bond acceptors (Lipinski definition) is 2. The van der Waals surface area contributed by atoms with E-state index in [-0.39, 0.29) is 6.98 Å². The first-order valence-corrected chi connectivity index (χ1v) is 1.78. The van der Waals surface area contributed by atoms with Gasteiger partial charge < -0.3 is 11.3 Å². The maximum absolute atomic E-state index is 5.07. The normalized spacial score (nSPS) is 7.80. The standard InChI is InChI=1S/C2H9BN2/c1-2-3(4)5/h2,4-5H2,1H3. The smallest absolute Gasteiger partial charge is 0.299 e. The molecule has 2 nitrogen and oxygen atoms in total. The summed E-state index contributed by atoms with van der Waals surface area (Å²) in [5.41, 5.74) is 10.1. The number of hydrogen-bond donors (Lipinski definition) is 2. The van der Waals surface area contributed by atoms with Gasteiger partial charge in [-0.1, -0.05) is 6.92 Å². The molecule has 4 N–H and O–H groups in total. The largest absolute Gasteiger partial charge is 0.356 e. The highest BCUT2D eigenvalue weighted by atomic mass is 14.6. The Morgan fingerprint density at radius 1 is 1.60 bits per heavy atom. The predicted octanol–water partition coefficient (Wildman–Crippen LogP) is -0.588. The summed E-state index contributed by atoms with van der Waals surface area (Å²) in [5, 5.41) is 0. The molecule has 30 valence electrons. The third-order valence-electron chi connectivity index (χ3n) is 0.471. The number of rotatable bonds is 1. The Hall–Kier alpha value is -0.0151. The second-order valence-electron chi connectivity index (χ2n) is 1.07. The van der Waals surface area contributed by atoms with Crippen LogP contribution in [0.3, 0.4) is 0 Å². The fourth-order valence-corrected chi connectivity index (χ4v) is 0. The molecule has 0 atom stereocenters. The lowest BCUT2D eigenvalue weighted by atomic mass is 9.78. The van der Waals surface area contributed by atoms with Crippen LogP contribution in [0.2, 0.25) is 6.32 Å². The molecule has 0 amide bonds.